The fourth-order valence-electron chi connectivity index (χ4n) is 4.34. The number of thiazole rings is 1. The van der Waals surface area contributed by atoms with Crippen LogP contribution < -0.4 is 23.8 Å². The number of aliphatic hydroxyl groups is 1. The molecular weight excluding hydrogens is 472 g/mol. The van der Waals surface area contributed by atoms with Crippen molar-refractivity contribution in [3.63, 3.8) is 0 Å². The highest BCUT2D eigenvalue weighted by molar-refractivity contribution is 7.14. The molecule has 0 saturated heterocycles. The molecule has 180 valence electrons. The summed E-state index contributed by atoms with van der Waals surface area (Å²) in [5.74, 6) is 0.156. The Morgan fingerprint density at radius 1 is 1.09 bits per heavy atom. The normalized spacial score (nSPS) is 16.7. The number of benzene rings is 2. The van der Waals surface area contributed by atoms with E-state index in [0.29, 0.717) is 49.8 Å². The molecule has 5 rings (SSSR count). The van der Waals surface area contributed by atoms with Gasteiger partial charge in [0.15, 0.2) is 28.8 Å². The van der Waals surface area contributed by atoms with E-state index in [4.69, 9.17) is 18.9 Å². The Kier molecular flexibility index (Phi) is 5.60. The first-order valence-corrected chi connectivity index (χ1v) is 11.5. The van der Waals surface area contributed by atoms with Crippen molar-refractivity contribution in [2.75, 3.05) is 25.9 Å². The quantitative estimate of drug-likeness (QED) is 0.506. The van der Waals surface area contributed by atoms with Crippen molar-refractivity contribution in [3.05, 3.63) is 68.9 Å². The van der Waals surface area contributed by atoms with Crippen LogP contribution in [0.2, 0.25) is 0 Å². The average Bonchev–Trinajstić information content (AvgIpc) is 3.53. The summed E-state index contributed by atoms with van der Waals surface area (Å²) in [6.07, 6.45) is 0. The number of nitrogens with zero attached hydrogens (tertiary/aromatic N) is 2. The number of ketones is 1. The lowest BCUT2D eigenvalue weighted by atomic mass is 9.94. The molecule has 3 aromatic rings. The maximum Gasteiger partial charge on any atom is 0.294 e. The third-order valence-electron chi connectivity index (χ3n) is 5.92. The lowest BCUT2D eigenvalue weighted by Gasteiger charge is -2.27. The van der Waals surface area contributed by atoms with Crippen molar-refractivity contribution in [3.8, 4) is 23.0 Å². The van der Waals surface area contributed by atoms with Gasteiger partial charge >= 0.3 is 0 Å². The maximum absolute atomic E-state index is 13.7. The third-order valence-corrected chi connectivity index (χ3v) is 6.99. The van der Waals surface area contributed by atoms with Crippen molar-refractivity contribution in [1.29, 1.82) is 0 Å². The number of Topliss-reactive ketones (excluding diaryl/α,β-unsaturated/α-hetero) is 1. The molecule has 2 aromatic carbocycles. The third kappa shape index (κ3) is 3.66. The van der Waals surface area contributed by atoms with E-state index >= 15 is 0 Å². The SMILES string of the molecule is COc1ccc(C2C(C(=O)c3sc(C)nc3C)=C(O)C(=O)N2c2ccc3c(c2)OCO3)cc1OC. The number of hydrogen-bond acceptors (Lipinski definition) is 9. The molecule has 0 fully saturated rings. The van der Waals surface area contributed by atoms with Gasteiger partial charge < -0.3 is 24.1 Å². The van der Waals surface area contributed by atoms with Crippen molar-refractivity contribution >= 4 is 28.7 Å². The fourth-order valence-corrected chi connectivity index (χ4v) is 5.22. The summed E-state index contributed by atoms with van der Waals surface area (Å²) in [6, 6.07) is 9.19. The Hall–Kier alpha value is -4.05. The minimum Gasteiger partial charge on any atom is -0.503 e. The number of hydrogen-bond donors (Lipinski definition) is 1. The first-order chi connectivity index (χ1) is 16.8. The zero-order chi connectivity index (χ0) is 24.9. The van der Waals surface area contributed by atoms with Crippen LogP contribution in [0.25, 0.3) is 0 Å². The zero-order valence-corrected chi connectivity index (χ0v) is 20.3. The summed E-state index contributed by atoms with van der Waals surface area (Å²) < 4.78 is 21.7. The van der Waals surface area contributed by atoms with Gasteiger partial charge in [-0.1, -0.05) is 6.07 Å². The van der Waals surface area contributed by atoms with E-state index in [1.807, 2.05) is 0 Å². The van der Waals surface area contributed by atoms with Crippen molar-refractivity contribution < 1.29 is 33.6 Å². The van der Waals surface area contributed by atoms with Gasteiger partial charge in [-0.2, -0.15) is 0 Å². The van der Waals surface area contributed by atoms with E-state index in [-0.39, 0.29) is 12.4 Å². The van der Waals surface area contributed by atoms with Crippen molar-refractivity contribution in [1.82, 2.24) is 4.98 Å². The average molecular weight is 495 g/mol. The highest BCUT2D eigenvalue weighted by Gasteiger charge is 2.46. The number of carbonyl (C=O) groups excluding carboxylic acids is 2. The molecule has 1 aromatic heterocycles. The predicted octanol–water partition coefficient (Wildman–Crippen LogP) is 4.29. The van der Waals surface area contributed by atoms with Crippen molar-refractivity contribution in [2.45, 2.75) is 19.9 Å². The van der Waals surface area contributed by atoms with E-state index < -0.39 is 23.5 Å². The molecule has 0 saturated carbocycles. The number of aromatic nitrogens is 1. The smallest absolute Gasteiger partial charge is 0.294 e. The molecule has 1 amide bonds. The molecule has 1 unspecified atom stereocenters. The molecule has 0 spiro atoms. The van der Waals surface area contributed by atoms with Crippen molar-refractivity contribution in [2.24, 2.45) is 0 Å². The molecule has 2 aliphatic rings. The topological polar surface area (TPSA) is 107 Å². The van der Waals surface area contributed by atoms with Gasteiger partial charge in [0.2, 0.25) is 12.6 Å². The number of ether oxygens (including phenoxy) is 4. The van der Waals surface area contributed by atoms with Gasteiger partial charge in [0.1, 0.15) is 0 Å². The first-order valence-electron chi connectivity index (χ1n) is 10.7. The molecule has 0 bridgehead atoms. The number of fused-ring (bicyclic) bond motifs is 1. The molecule has 1 N–H and O–H groups in total. The number of aliphatic hydroxyl groups excluding tert-OH is 1. The number of rotatable bonds is 6. The summed E-state index contributed by atoms with van der Waals surface area (Å²) >= 11 is 1.22. The minimum absolute atomic E-state index is 0.0355. The van der Waals surface area contributed by atoms with Gasteiger partial charge in [-0.25, -0.2) is 4.98 Å². The van der Waals surface area contributed by atoms with Crippen LogP contribution in [0.15, 0.2) is 47.7 Å². The molecule has 0 aliphatic carbocycles. The maximum atomic E-state index is 13.7. The number of carbonyl (C=O) groups is 2. The molecule has 10 heteroatoms. The minimum atomic E-state index is -0.933. The summed E-state index contributed by atoms with van der Waals surface area (Å²) in [6.45, 7) is 3.60. The molecule has 3 heterocycles. The van der Waals surface area contributed by atoms with Gasteiger partial charge in [0.05, 0.1) is 41.4 Å². The Bertz CT molecular complexity index is 1390. The monoisotopic (exact) mass is 494 g/mol. The van der Waals surface area contributed by atoms with E-state index in [1.54, 1.807) is 50.2 Å². The second-order valence-electron chi connectivity index (χ2n) is 7.97. The second kappa shape index (κ2) is 8.62. The molecule has 35 heavy (non-hydrogen) atoms. The molecule has 1 atom stereocenters. The number of aryl methyl sites for hydroxylation is 2. The Balaban J connectivity index is 1.69. The first kappa shape index (κ1) is 22.7. The number of methoxy groups -OCH3 is 2. The Labute approximate surface area is 205 Å². The standard InChI is InChI=1S/C25H22N2O7S/c1-12-24(35-13(2)26-12)22(28)20-21(14-5-7-16(31-3)18(9-14)32-4)27(25(30)23(20)29)15-6-8-17-19(10-15)34-11-33-17/h5-10,21,29H,11H2,1-4H3. The molecule has 0 radical (unpaired) electrons. The van der Waals surface area contributed by atoms with Gasteiger partial charge in [0.25, 0.3) is 5.91 Å². The molecule has 9 nitrogen and oxygen atoms in total. The van der Waals surface area contributed by atoms with Crippen LogP contribution in [0.3, 0.4) is 0 Å². The largest absolute Gasteiger partial charge is 0.503 e. The van der Waals surface area contributed by atoms with Crippen LogP contribution in [-0.2, 0) is 4.79 Å². The van der Waals surface area contributed by atoms with E-state index in [2.05, 4.69) is 4.98 Å². The summed E-state index contributed by atoms with van der Waals surface area (Å²) in [5.41, 5.74) is 1.50. The fraction of sp³-hybridized carbons (Fsp3) is 0.240. The number of anilines is 1. The van der Waals surface area contributed by atoms with E-state index in [0.717, 1.165) is 0 Å². The molecule has 2 aliphatic heterocycles. The molecular formula is C25H22N2O7S. The van der Waals surface area contributed by atoms with E-state index in [1.165, 1.54) is 30.5 Å². The Morgan fingerprint density at radius 2 is 1.83 bits per heavy atom. The van der Waals surface area contributed by atoms with Gasteiger partial charge in [0, 0.05) is 11.8 Å². The van der Waals surface area contributed by atoms with Crippen LogP contribution in [-0.4, -0.2) is 42.8 Å². The van der Waals surface area contributed by atoms with Gasteiger partial charge in [-0.05, 0) is 43.7 Å². The lowest BCUT2D eigenvalue weighted by Crippen LogP contribution is -2.31. The predicted molar refractivity (Wildman–Crippen MR) is 128 cm³/mol. The van der Waals surface area contributed by atoms with Crippen LogP contribution in [0.4, 0.5) is 5.69 Å². The highest BCUT2D eigenvalue weighted by Crippen LogP contribution is 2.46. The van der Waals surface area contributed by atoms with Gasteiger partial charge in [-0.3, -0.25) is 14.5 Å². The summed E-state index contributed by atoms with van der Waals surface area (Å²) in [7, 11) is 3.02. The van der Waals surface area contributed by atoms with E-state index in [9.17, 15) is 14.7 Å². The zero-order valence-electron chi connectivity index (χ0n) is 19.4. The highest BCUT2D eigenvalue weighted by atomic mass is 32.1. The second-order valence-corrected chi connectivity index (χ2v) is 9.17. The van der Waals surface area contributed by atoms with Crippen LogP contribution in [0.1, 0.15) is 32.0 Å². The van der Waals surface area contributed by atoms with Crippen LogP contribution in [0.5, 0.6) is 23.0 Å². The summed E-state index contributed by atoms with van der Waals surface area (Å²) in [5, 5.41) is 11.7. The van der Waals surface area contributed by atoms with Gasteiger partial charge in [-0.15, -0.1) is 11.3 Å². The number of amides is 1. The summed E-state index contributed by atoms with van der Waals surface area (Å²) in [4.78, 5) is 33.2. The Morgan fingerprint density at radius 3 is 2.51 bits per heavy atom. The van der Waals surface area contributed by atoms with Crippen LogP contribution in [0, 0.1) is 13.8 Å². The van der Waals surface area contributed by atoms with Crippen LogP contribution >= 0.6 is 11.3 Å². The lowest BCUT2D eigenvalue weighted by molar-refractivity contribution is -0.117.